The standard InChI is InChI=1S/C35H38BrN3O5S/c1-26(2)23-37-35(41)33(21-27-11-6-4-7-12-27)38(24-28-17-19-29(36)20-18-28)34(40)25-39(30-13-10-14-31(22-30)44-3)45(42,43)32-15-8-5-9-16-32/h4-20,22,26,33H,21,23-25H2,1-3H3,(H,37,41)/t33-/m0/s1. The molecule has 0 radical (unpaired) electrons. The van der Waals surface area contributed by atoms with Crippen LogP contribution in [0.15, 0.2) is 119 Å². The summed E-state index contributed by atoms with van der Waals surface area (Å²) in [4.78, 5) is 29.9. The summed E-state index contributed by atoms with van der Waals surface area (Å²) in [5.41, 5.74) is 1.93. The van der Waals surface area contributed by atoms with E-state index in [4.69, 9.17) is 4.74 Å². The van der Waals surface area contributed by atoms with Crippen molar-refractivity contribution in [1.82, 2.24) is 10.2 Å². The number of rotatable bonds is 14. The number of benzene rings is 4. The number of halogens is 1. The van der Waals surface area contributed by atoms with Crippen LogP contribution >= 0.6 is 15.9 Å². The van der Waals surface area contributed by atoms with E-state index in [1.54, 1.807) is 42.5 Å². The van der Waals surface area contributed by atoms with Gasteiger partial charge < -0.3 is 15.0 Å². The number of nitrogens with one attached hydrogen (secondary N) is 1. The largest absolute Gasteiger partial charge is 0.497 e. The zero-order valence-electron chi connectivity index (χ0n) is 25.6. The van der Waals surface area contributed by atoms with Gasteiger partial charge in [0.25, 0.3) is 10.0 Å². The number of ether oxygens (including phenoxy) is 1. The predicted octanol–water partition coefficient (Wildman–Crippen LogP) is 6.07. The summed E-state index contributed by atoms with van der Waals surface area (Å²) in [6, 6.07) is 30.6. The number of anilines is 1. The number of carbonyl (C=O) groups is 2. The first-order valence-corrected chi connectivity index (χ1v) is 16.9. The number of carbonyl (C=O) groups excluding carboxylic acids is 2. The Morgan fingerprint density at radius 1 is 0.844 bits per heavy atom. The molecule has 0 saturated carbocycles. The highest BCUT2D eigenvalue weighted by molar-refractivity contribution is 9.10. The Kier molecular flexibility index (Phi) is 11.8. The molecule has 45 heavy (non-hydrogen) atoms. The quantitative estimate of drug-likeness (QED) is 0.173. The van der Waals surface area contributed by atoms with Crippen LogP contribution in [-0.2, 0) is 32.6 Å². The minimum Gasteiger partial charge on any atom is -0.497 e. The van der Waals surface area contributed by atoms with Gasteiger partial charge in [0.05, 0.1) is 17.7 Å². The lowest BCUT2D eigenvalue weighted by atomic mass is 10.0. The molecule has 0 saturated heterocycles. The molecule has 4 rings (SSSR count). The summed E-state index contributed by atoms with van der Waals surface area (Å²) >= 11 is 3.46. The average Bonchev–Trinajstić information content (AvgIpc) is 3.05. The van der Waals surface area contributed by atoms with Gasteiger partial charge in [0.2, 0.25) is 11.8 Å². The molecule has 0 unspecified atom stereocenters. The molecule has 0 aromatic heterocycles. The molecule has 2 amide bonds. The molecule has 10 heteroatoms. The molecule has 0 bridgehead atoms. The molecule has 0 aliphatic carbocycles. The highest BCUT2D eigenvalue weighted by atomic mass is 79.9. The smallest absolute Gasteiger partial charge is 0.264 e. The van der Waals surface area contributed by atoms with Crippen LogP contribution in [0.4, 0.5) is 5.69 Å². The van der Waals surface area contributed by atoms with Crippen molar-refractivity contribution in [2.75, 3.05) is 24.5 Å². The number of amides is 2. The molecule has 4 aromatic carbocycles. The second-order valence-electron chi connectivity index (χ2n) is 11.0. The fourth-order valence-corrected chi connectivity index (χ4v) is 6.47. The summed E-state index contributed by atoms with van der Waals surface area (Å²) in [7, 11) is -2.70. The van der Waals surface area contributed by atoms with E-state index in [1.165, 1.54) is 24.1 Å². The first-order chi connectivity index (χ1) is 21.6. The molecular formula is C35H38BrN3O5S. The maximum atomic E-state index is 14.5. The second kappa shape index (κ2) is 15.7. The van der Waals surface area contributed by atoms with Gasteiger partial charge in [-0.15, -0.1) is 0 Å². The number of hydrogen-bond acceptors (Lipinski definition) is 5. The van der Waals surface area contributed by atoms with Gasteiger partial charge in [-0.2, -0.15) is 0 Å². The predicted molar refractivity (Wildman–Crippen MR) is 180 cm³/mol. The van der Waals surface area contributed by atoms with Gasteiger partial charge in [-0.1, -0.05) is 96.5 Å². The lowest BCUT2D eigenvalue weighted by Gasteiger charge is -2.34. The van der Waals surface area contributed by atoms with Crippen molar-refractivity contribution < 1.29 is 22.7 Å². The minimum absolute atomic E-state index is 0.0376. The normalized spacial score (nSPS) is 11.9. The monoisotopic (exact) mass is 691 g/mol. The molecule has 0 spiro atoms. The average molecular weight is 693 g/mol. The Bertz CT molecular complexity index is 1670. The highest BCUT2D eigenvalue weighted by Gasteiger charge is 2.34. The lowest BCUT2D eigenvalue weighted by Crippen LogP contribution is -2.53. The van der Waals surface area contributed by atoms with E-state index in [0.717, 1.165) is 19.9 Å². The van der Waals surface area contributed by atoms with E-state index < -0.39 is 28.5 Å². The SMILES string of the molecule is COc1cccc(N(CC(=O)N(Cc2ccc(Br)cc2)[C@@H](Cc2ccccc2)C(=O)NCC(C)C)S(=O)(=O)c2ccccc2)c1. The van der Waals surface area contributed by atoms with E-state index in [0.29, 0.717) is 12.3 Å². The van der Waals surface area contributed by atoms with Crippen LogP contribution in [0.3, 0.4) is 0 Å². The molecule has 8 nitrogen and oxygen atoms in total. The molecule has 0 aliphatic rings. The van der Waals surface area contributed by atoms with E-state index in [1.807, 2.05) is 68.4 Å². The Morgan fingerprint density at radius 2 is 1.49 bits per heavy atom. The van der Waals surface area contributed by atoms with Crippen molar-refractivity contribution in [1.29, 1.82) is 0 Å². The summed E-state index contributed by atoms with van der Waals surface area (Å²) in [5, 5.41) is 3.00. The fraction of sp³-hybridized carbons (Fsp3) is 0.257. The van der Waals surface area contributed by atoms with Crippen molar-refractivity contribution >= 4 is 43.5 Å². The Hall–Kier alpha value is -4.15. The van der Waals surface area contributed by atoms with Crippen LogP contribution in [0.5, 0.6) is 5.75 Å². The van der Waals surface area contributed by atoms with Crippen molar-refractivity contribution in [2.45, 2.75) is 37.8 Å². The topological polar surface area (TPSA) is 96.0 Å². The maximum absolute atomic E-state index is 14.5. The van der Waals surface area contributed by atoms with Gasteiger partial charge in [0, 0.05) is 30.0 Å². The summed E-state index contributed by atoms with van der Waals surface area (Å²) in [6.07, 6.45) is 0.248. The van der Waals surface area contributed by atoms with Gasteiger partial charge in [-0.05, 0) is 53.4 Å². The van der Waals surface area contributed by atoms with Crippen molar-refractivity contribution in [2.24, 2.45) is 5.92 Å². The van der Waals surface area contributed by atoms with Crippen LogP contribution in [0, 0.1) is 5.92 Å². The third-order valence-corrected chi connectivity index (χ3v) is 9.49. The molecule has 4 aromatic rings. The fourth-order valence-electron chi connectivity index (χ4n) is 4.78. The Labute approximate surface area is 274 Å². The first kappa shape index (κ1) is 33.7. The maximum Gasteiger partial charge on any atom is 0.264 e. The number of hydrogen-bond donors (Lipinski definition) is 1. The number of methoxy groups -OCH3 is 1. The van der Waals surface area contributed by atoms with Crippen LogP contribution in [0.1, 0.15) is 25.0 Å². The van der Waals surface area contributed by atoms with Gasteiger partial charge in [0.1, 0.15) is 18.3 Å². The van der Waals surface area contributed by atoms with Crippen LogP contribution in [0.25, 0.3) is 0 Å². The molecule has 1 N–H and O–H groups in total. The molecular weight excluding hydrogens is 654 g/mol. The van der Waals surface area contributed by atoms with E-state index in [9.17, 15) is 18.0 Å². The molecule has 1 atom stereocenters. The molecule has 0 heterocycles. The van der Waals surface area contributed by atoms with E-state index in [2.05, 4.69) is 21.2 Å². The van der Waals surface area contributed by atoms with Gasteiger partial charge in [-0.3, -0.25) is 13.9 Å². The third kappa shape index (κ3) is 9.18. The van der Waals surface area contributed by atoms with E-state index in [-0.39, 0.29) is 35.4 Å². The summed E-state index contributed by atoms with van der Waals surface area (Å²) in [6.45, 7) is 3.98. The zero-order chi connectivity index (χ0) is 32.4. The molecule has 236 valence electrons. The van der Waals surface area contributed by atoms with Crippen molar-refractivity contribution in [3.63, 3.8) is 0 Å². The van der Waals surface area contributed by atoms with Gasteiger partial charge in [0.15, 0.2) is 0 Å². The Balaban J connectivity index is 1.80. The minimum atomic E-state index is -4.19. The first-order valence-electron chi connectivity index (χ1n) is 14.7. The van der Waals surface area contributed by atoms with Crippen LogP contribution in [0.2, 0.25) is 0 Å². The second-order valence-corrected chi connectivity index (χ2v) is 13.8. The van der Waals surface area contributed by atoms with Crippen LogP contribution < -0.4 is 14.4 Å². The van der Waals surface area contributed by atoms with Gasteiger partial charge in [-0.25, -0.2) is 8.42 Å². The number of nitrogens with zero attached hydrogens (tertiary/aromatic N) is 2. The lowest BCUT2D eigenvalue weighted by molar-refractivity contribution is -0.140. The summed E-state index contributed by atoms with van der Waals surface area (Å²) in [5.74, 6) is -0.200. The summed E-state index contributed by atoms with van der Waals surface area (Å²) < 4.78 is 35.5. The number of sulfonamides is 1. The molecule has 0 aliphatic heterocycles. The molecule has 0 fully saturated rings. The van der Waals surface area contributed by atoms with Crippen molar-refractivity contribution in [3.8, 4) is 5.75 Å². The van der Waals surface area contributed by atoms with Crippen LogP contribution in [-0.4, -0.2) is 51.4 Å². The third-order valence-electron chi connectivity index (χ3n) is 7.17. The highest BCUT2D eigenvalue weighted by Crippen LogP contribution is 2.28. The van der Waals surface area contributed by atoms with E-state index >= 15 is 0 Å². The Morgan fingerprint density at radius 3 is 2.11 bits per heavy atom. The zero-order valence-corrected chi connectivity index (χ0v) is 28.0. The van der Waals surface area contributed by atoms with Gasteiger partial charge >= 0.3 is 0 Å². The van der Waals surface area contributed by atoms with Crippen molar-refractivity contribution in [3.05, 3.63) is 125 Å².